The van der Waals surface area contributed by atoms with Crippen LogP contribution in [-0.4, -0.2) is 6.10 Å². The van der Waals surface area contributed by atoms with Gasteiger partial charge in [-0.2, -0.15) is 8.78 Å². The minimum atomic E-state index is -3.78. The summed E-state index contributed by atoms with van der Waals surface area (Å²) in [6.07, 6.45) is 1.49. The molecule has 0 heterocycles. The molecule has 0 bridgehead atoms. The number of rotatable bonds is 11. The van der Waals surface area contributed by atoms with E-state index in [1.54, 1.807) is 6.07 Å². The van der Waals surface area contributed by atoms with Gasteiger partial charge in [0.1, 0.15) is 29.1 Å². The summed E-state index contributed by atoms with van der Waals surface area (Å²) in [5.74, 6) is -4.19. The first-order valence-electron chi connectivity index (χ1n) is 15.6. The molecule has 46 heavy (non-hydrogen) atoms. The lowest BCUT2D eigenvalue weighted by atomic mass is 9.82. The topological polar surface area (TPSA) is 9.23 Å². The van der Waals surface area contributed by atoms with Crippen LogP contribution in [0.15, 0.2) is 73.3 Å². The van der Waals surface area contributed by atoms with Crippen molar-refractivity contribution in [1.29, 1.82) is 0 Å². The Morgan fingerprint density at radius 2 is 1.35 bits per heavy atom. The molecule has 1 fully saturated rings. The Morgan fingerprint density at radius 3 is 1.96 bits per heavy atom. The highest BCUT2D eigenvalue weighted by molar-refractivity contribution is 5.72. The average molecular weight is 641 g/mol. The van der Waals surface area contributed by atoms with Gasteiger partial charge in [-0.3, -0.25) is 0 Å². The molecule has 0 amide bonds. The molecule has 0 radical (unpaired) electrons. The van der Waals surface area contributed by atoms with Crippen molar-refractivity contribution in [2.45, 2.75) is 76.4 Å². The third kappa shape index (κ3) is 7.38. The summed E-state index contributed by atoms with van der Waals surface area (Å²) in [5, 5.41) is 0. The van der Waals surface area contributed by atoms with E-state index in [0.29, 0.717) is 43.2 Å². The van der Waals surface area contributed by atoms with Crippen LogP contribution in [0.4, 0.5) is 30.7 Å². The Bertz CT molecular complexity index is 1680. The molecule has 1 aliphatic rings. The van der Waals surface area contributed by atoms with Crippen molar-refractivity contribution in [2.75, 3.05) is 0 Å². The van der Waals surface area contributed by atoms with Crippen molar-refractivity contribution in [3.05, 3.63) is 125 Å². The first-order valence-corrected chi connectivity index (χ1v) is 15.6. The van der Waals surface area contributed by atoms with Gasteiger partial charge in [0.15, 0.2) is 0 Å². The van der Waals surface area contributed by atoms with Gasteiger partial charge < -0.3 is 4.74 Å². The number of unbranched alkanes of at least 4 members (excludes halogenated alkanes) is 2. The number of hydrogen-bond acceptors (Lipinski definition) is 1. The first kappa shape index (κ1) is 33.5. The lowest BCUT2D eigenvalue weighted by molar-refractivity contribution is -0.278. The van der Waals surface area contributed by atoms with E-state index in [-0.39, 0.29) is 33.7 Å². The van der Waals surface area contributed by atoms with Gasteiger partial charge in [0.2, 0.25) is 0 Å². The highest BCUT2D eigenvalue weighted by Gasteiger charge is 2.40. The smallest absolute Gasteiger partial charge is 0.313 e. The van der Waals surface area contributed by atoms with Gasteiger partial charge >= 0.3 is 6.11 Å². The van der Waals surface area contributed by atoms with Gasteiger partial charge in [0, 0.05) is 16.7 Å². The summed E-state index contributed by atoms with van der Waals surface area (Å²) >= 11 is 0. The molecule has 1 aliphatic carbocycles. The van der Waals surface area contributed by atoms with Crippen LogP contribution in [0.1, 0.15) is 80.0 Å². The van der Waals surface area contributed by atoms with Crippen LogP contribution in [0.2, 0.25) is 0 Å². The second kappa shape index (κ2) is 14.2. The van der Waals surface area contributed by atoms with Crippen LogP contribution in [0, 0.1) is 29.1 Å². The van der Waals surface area contributed by atoms with Gasteiger partial charge in [-0.05, 0) is 103 Å². The summed E-state index contributed by atoms with van der Waals surface area (Å²) in [6.45, 7) is 5.42. The van der Waals surface area contributed by atoms with Gasteiger partial charge in [0.25, 0.3) is 0 Å². The predicted octanol–water partition coefficient (Wildman–Crippen LogP) is 11.9. The number of aryl methyl sites for hydroxylation is 1. The van der Waals surface area contributed by atoms with E-state index >= 15 is 8.78 Å². The Balaban J connectivity index is 1.22. The molecule has 8 heteroatoms. The van der Waals surface area contributed by atoms with Crippen molar-refractivity contribution >= 4 is 6.08 Å². The van der Waals surface area contributed by atoms with Crippen LogP contribution < -0.4 is 0 Å². The normalized spacial score (nSPS) is 16.9. The van der Waals surface area contributed by atoms with E-state index in [4.69, 9.17) is 4.74 Å². The summed E-state index contributed by atoms with van der Waals surface area (Å²) < 4.78 is 108. The van der Waals surface area contributed by atoms with Crippen molar-refractivity contribution in [3.8, 4) is 22.3 Å². The largest absolute Gasteiger partial charge is 0.386 e. The molecule has 0 saturated heterocycles. The second-order valence-corrected chi connectivity index (χ2v) is 11.9. The molecular formula is C38H35F7O. The molecular weight excluding hydrogens is 605 g/mol. The van der Waals surface area contributed by atoms with Crippen LogP contribution >= 0.6 is 0 Å². The standard InChI is InChI=1S/C38H35F7O/c1-3-5-6-7-23-8-17-32(37(43)18-23)38(44,45)46-28-13-9-24(10-14-28)25-11-15-30(35(41)19-25)26-12-16-31(36(42)20-26)27-21-33(39)29(4-2)34(40)22-27/h4,8,11-12,15-22,24,28H,2-3,5-7,9-10,13-14H2,1H3. The Kier molecular flexibility index (Phi) is 10.4. The molecule has 4 aromatic rings. The van der Waals surface area contributed by atoms with Gasteiger partial charge in [0.05, 0.1) is 11.7 Å². The molecule has 0 N–H and O–H groups in total. The van der Waals surface area contributed by atoms with Crippen molar-refractivity contribution < 1.29 is 35.5 Å². The van der Waals surface area contributed by atoms with Crippen LogP contribution in [0.3, 0.4) is 0 Å². The Hall–Kier alpha value is -3.91. The van der Waals surface area contributed by atoms with E-state index in [9.17, 15) is 22.0 Å². The maximum Gasteiger partial charge on any atom is 0.386 e. The lowest BCUT2D eigenvalue weighted by Crippen LogP contribution is -2.30. The summed E-state index contributed by atoms with van der Waals surface area (Å²) in [7, 11) is 0. The van der Waals surface area contributed by atoms with Crippen LogP contribution in [0.5, 0.6) is 0 Å². The fourth-order valence-corrected chi connectivity index (χ4v) is 6.19. The van der Waals surface area contributed by atoms with Gasteiger partial charge in [-0.1, -0.05) is 62.8 Å². The molecule has 4 aromatic carbocycles. The van der Waals surface area contributed by atoms with Gasteiger partial charge in [-0.15, -0.1) is 0 Å². The molecule has 5 rings (SSSR count). The monoisotopic (exact) mass is 640 g/mol. The maximum absolute atomic E-state index is 15.3. The molecule has 0 aromatic heterocycles. The first-order chi connectivity index (χ1) is 22.0. The molecule has 0 spiro atoms. The zero-order valence-electron chi connectivity index (χ0n) is 25.5. The third-order valence-corrected chi connectivity index (χ3v) is 8.74. The molecule has 1 nitrogen and oxygen atoms in total. The highest BCUT2D eigenvalue weighted by Crippen LogP contribution is 2.41. The minimum absolute atomic E-state index is 0.00124. The number of ether oxygens (including phenoxy) is 1. The fraction of sp³-hybridized carbons (Fsp3) is 0.316. The summed E-state index contributed by atoms with van der Waals surface area (Å²) in [6, 6.07) is 14.3. The summed E-state index contributed by atoms with van der Waals surface area (Å²) in [4.78, 5) is 0. The molecule has 1 saturated carbocycles. The Morgan fingerprint density at radius 1 is 0.717 bits per heavy atom. The number of halogens is 7. The van der Waals surface area contributed by atoms with E-state index in [0.717, 1.165) is 55.7 Å². The summed E-state index contributed by atoms with van der Waals surface area (Å²) in [5.41, 5.74) is 0.616. The molecule has 0 aliphatic heterocycles. The van der Waals surface area contributed by atoms with E-state index in [2.05, 4.69) is 13.5 Å². The van der Waals surface area contributed by atoms with E-state index in [1.165, 1.54) is 30.3 Å². The van der Waals surface area contributed by atoms with Crippen molar-refractivity contribution in [1.82, 2.24) is 0 Å². The SMILES string of the molecule is C=Cc1c(F)cc(-c2ccc(-c3ccc(C4CCC(OC(F)(F)c5ccc(CCCCC)cc5F)CC4)cc3F)cc2F)cc1F. The quantitative estimate of drug-likeness (QED) is 0.117. The van der Waals surface area contributed by atoms with Crippen LogP contribution in [-0.2, 0) is 17.3 Å². The average Bonchev–Trinajstić information content (AvgIpc) is 3.01. The molecule has 0 atom stereocenters. The van der Waals surface area contributed by atoms with Crippen molar-refractivity contribution in [3.63, 3.8) is 0 Å². The lowest BCUT2D eigenvalue weighted by Gasteiger charge is -2.31. The number of alkyl halides is 2. The van der Waals surface area contributed by atoms with E-state index < -0.39 is 46.9 Å². The van der Waals surface area contributed by atoms with Crippen LogP contribution in [0.25, 0.3) is 28.3 Å². The highest BCUT2D eigenvalue weighted by atomic mass is 19.3. The zero-order chi connectivity index (χ0) is 33.0. The zero-order valence-corrected chi connectivity index (χ0v) is 25.5. The second-order valence-electron chi connectivity index (χ2n) is 11.9. The number of hydrogen-bond donors (Lipinski definition) is 0. The number of benzene rings is 4. The molecule has 0 unspecified atom stereocenters. The molecule has 242 valence electrons. The fourth-order valence-electron chi connectivity index (χ4n) is 6.19. The van der Waals surface area contributed by atoms with E-state index in [1.807, 2.05) is 0 Å². The third-order valence-electron chi connectivity index (χ3n) is 8.74. The Labute approximate surface area is 264 Å². The van der Waals surface area contributed by atoms with Gasteiger partial charge in [-0.25, -0.2) is 22.0 Å². The maximum atomic E-state index is 15.3. The van der Waals surface area contributed by atoms with Crippen molar-refractivity contribution in [2.24, 2.45) is 0 Å². The predicted molar refractivity (Wildman–Crippen MR) is 167 cm³/mol. The minimum Gasteiger partial charge on any atom is -0.313 e.